The topological polar surface area (TPSA) is 70.1 Å². The lowest BCUT2D eigenvalue weighted by atomic mass is 10.1. The van der Waals surface area contributed by atoms with Crippen LogP contribution in [0.1, 0.15) is 18.1 Å². The van der Waals surface area contributed by atoms with E-state index in [0.29, 0.717) is 11.8 Å². The SMILES string of the molecule is Cc1ccc(C)c(Nc2cc(-c3ccccc3)nc(N[C@@H](C)CO)n2)c1. The van der Waals surface area contributed by atoms with Crippen LogP contribution in [0, 0.1) is 13.8 Å². The molecule has 26 heavy (non-hydrogen) atoms. The predicted molar refractivity (Wildman–Crippen MR) is 107 cm³/mol. The van der Waals surface area contributed by atoms with Crippen molar-refractivity contribution in [3.05, 3.63) is 65.7 Å². The van der Waals surface area contributed by atoms with Gasteiger partial charge in [0.05, 0.1) is 12.3 Å². The molecule has 0 aliphatic heterocycles. The van der Waals surface area contributed by atoms with E-state index in [4.69, 9.17) is 0 Å². The van der Waals surface area contributed by atoms with Crippen molar-refractivity contribution in [2.75, 3.05) is 17.2 Å². The molecule has 0 aliphatic carbocycles. The van der Waals surface area contributed by atoms with Gasteiger partial charge in [0.1, 0.15) is 5.82 Å². The van der Waals surface area contributed by atoms with E-state index in [1.165, 1.54) is 5.56 Å². The number of nitrogens with zero attached hydrogens (tertiary/aromatic N) is 2. The quantitative estimate of drug-likeness (QED) is 0.620. The summed E-state index contributed by atoms with van der Waals surface area (Å²) in [5, 5.41) is 15.9. The lowest BCUT2D eigenvalue weighted by molar-refractivity contribution is 0.281. The highest BCUT2D eigenvalue weighted by molar-refractivity contribution is 5.68. The highest BCUT2D eigenvalue weighted by Gasteiger charge is 2.10. The van der Waals surface area contributed by atoms with Gasteiger partial charge >= 0.3 is 0 Å². The Bertz CT molecular complexity index is 880. The maximum Gasteiger partial charge on any atom is 0.225 e. The number of aliphatic hydroxyl groups excluding tert-OH is 1. The van der Waals surface area contributed by atoms with Gasteiger partial charge in [-0.05, 0) is 38.0 Å². The number of nitrogens with one attached hydrogen (secondary N) is 2. The van der Waals surface area contributed by atoms with E-state index in [2.05, 4.69) is 52.6 Å². The van der Waals surface area contributed by atoms with Crippen LogP contribution >= 0.6 is 0 Å². The number of hydrogen-bond acceptors (Lipinski definition) is 5. The van der Waals surface area contributed by atoms with Crippen molar-refractivity contribution in [2.45, 2.75) is 26.8 Å². The van der Waals surface area contributed by atoms with Gasteiger partial charge in [-0.3, -0.25) is 0 Å². The van der Waals surface area contributed by atoms with Gasteiger partial charge in [0.2, 0.25) is 5.95 Å². The first kappa shape index (κ1) is 17.9. The van der Waals surface area contributed by atoms with Crippen molar-refractivity contribution < 1.29 is 5.11 Å². The van der Waals surface area contributed by atoms with Crippen LogP contribution in [0.25, 0.3) is 11.3 Å². The molecular weight excluding hydrogens is 324 g/mol. The highest BCUT2D eigenvalue weighted by atomic mass is 16.3. The number of anilines is 3. The summed E-state index contributed by atoms with van der Waals surface area (Å²) in [6.07, 6.45) is 0. The van der Waals surface area contributed by atoms with Crippen LogP contribution in [0.3, 0.4) is 0 Å². The van der Waals surface area contributed by atoms with Crippen molar-refractivity contribution in [1.29, 1.82) is 0 Å². The molecule has 0 saturated carbocycles. The number of aliphatic hydroxyl groups is 1. The molecule has 0 aliphatic rings. The Labute approximate surface area is 154 Å². The Balaban J connectivity index is 2.00. The van der Waals surface area contributed by atoms with Gasteiger partial charge in [0.15, 0.2) is 0 Å². The number of aromatic nitrogens is 2. The normalized spacial score (nSPS) is 11.8. The first-order valence-electron chi connectivity index (χ1n) is 8.71. The molecule has 0 radical (unpaired) electrons. The summed E-state index contributed by atoms with van der Waals surface area (Å²) in [5.41, 5.74) is 5.18. The number of hydrogen-bond donors (Lipinski definition) is 3. The molecule has 0 saturated heterocycles. The minimum absolute atomic E-state index is 0.0126. The molecular formula is C21H24N4O. The van der Waals surface area contributed by atoms with Crippen LogP contribution in [-0.4, -0.2) is 27.7 Å². The molecule has 1 heterocycles. The van der Waals surface area contributed by atoms with E-state index in [1.54, 1.807) is 0 Å². The molecule has 134 valence electrons. The van der Waals surface area contributed by atoms with Gasteiger partial charge in [-0.2, -0.15) is 4.98 Å². The van der Waals surface area contributed by atoms with Gasteiger partial charge in [0, 0.05) is 23.4 Å². The highest BCUT2D eigenvalue weighted by Crippen LogP contribution is 2.25. The van der Waals surface area contributed by atoms with Gasteiger partial charge in [-0.25, -0.2) is 4.98 Å². The third-order valence-electron chi connectivity index (χ3n) is 4.10. The lowest BCUT2D eigenvalue weighted by Crippen LogP contribution is -2.21. The zero-order valence-electron chi connectivity index (χ0n) is 15.3. The van der Waals surface area contributed by atoms with E-state index in [-0.39, 0.29) is 12.6 Å². The van der Waals surface area contributed by atoms with Crippen LogP contribution in [0.2, 0.25) is 0 Å². The Morgan fingerprint density at radius 3 is 2.50 bits per heavy atom. The van der Waals surface area contributed by atoms with Gasteiger partial charge in [0.25, 0.3) is 0 Å². The molecule has 0 fully saturated rings. The second kappa shape index (κ2) is 7.97. The van der Waals surface area contributed by atoms with E-state index >= 15 is 0 Å². The monoisotopic (exact) mass is 348 g/mol. The minimum Gasteiger partial charge on any atom is -0.394 e. The van der Waals surface area contributed by atoms with E-state index < -0.39 is 0 Å². The fourth-order valence-electron chi connectivity index (χ4n) is 2.61. The maximum atomic E-state index is 9.32. The first-order chi connectivity index (χ1) is 12.5. The molecule has 3 N–H and O–H groups in total. The average molecular weight is 348 g/mol. The Hall–Kier alpha value is -2.92. The van der Waals surface area contributed by atoms with Gasteiger partial charge < -0.3 is 15.7 Å². The summed E-state index contributed by atoms with van der Waals surface area (Å²) in [4.78, 5) is 9.17. The molecule has 0 bridgehead atoms. The van der Waals surface area contributed by atoms with Crippen molar-refractivity contribution in [1.82, 2.24) is 9.97 Å². The van der Waals surface area contributed by atoms with Crippen molar-refractivity contribution in [2.24, 2.45) is 0 Å². The molecule has 5 heteroatoms. The molecule has 5 nitrogen and oxygen atoms in total. The van der Waals surface area contributed by atoms with E-state index in [0.717, 1.165) is 22.5 Å². The molecule has 0 spiro atoms. The van der Waals surface area contributed by atoms with Crippen LogP contribution in [0.5, 0.6) is 0 Å². The van der Waals surface area contributed by atoms with Crippen molar-refractivity contribution in [3.8, 4) is 11.3 Å². The van der Waals surface area contributed by atoms with Crippen molar-refractivity contribution in [3.63, 3.8) is 0 Å². The zero-order chi connectivity index (χ0) is 18.5. The minimum atomic E-state index is -0.130. The first-order valence-corrected chi connectivity index (χ1v) is 8.71. The molecule has 2 aromatic carbocycles. The summed E-state index contributed by atoms with van der Waals surface area (Å²) in [7, 11) is 0. The van der Waals surface area contributed by atoms with Crippen LogP contribution in [0.15, 0.2) is 54.6 Å². The average Bonchev–Trinajstić information content (AvgIpc) is 2.65. The van der Waals surface area contributed by atoms with Gasteiger partial charge in [-0.1, -0.05) is 42.5 Å². The molecule has 0 amide bonds. The number of rotatable bonds is 6. The Kier molecular flexibility index (Phi) is 5.49. The zero-order valence-corrected chi connectivity index (χ0v) is 15.3. The predicted octanol–water partition coefficient (Wildman–Crippen LogP) is 4.30. The van der Waals surface area contributed by atoms with E-state index in [1.807, 2.05) is 43.3 Å². The largest absolute Gasteiger partial charge is 0.394 e. The summed E-state index contributed by atoms with van der Waals surface area (Å²) < 4.78 is 0. The Morgan fingerprint density at radius 1 is 1.00 bits per heavy atom. The lowest BCUT2D eigenvalue weighted by Gasteiger charge is -2.15. The van der Waals surface area contributed by atoms with Crippen LogP contribution < -0.4 is 10.6 Å². The second-order valence-corrected chi connectivity index (χ2v) is 6.50. The molecule has 3 rings (SSSR count). The summed E-state index contributed by atoms with van der Waals surface area (Å²) in [5.74, 6) is 1.20. The maximum absolute atomic E-state index is 9.32. The fourth-order valence-corrected chi connectivity index (χ4v) is 2.61. The third kappa shape index (κ3) is 4.37. The fraction of sp³-hybridized carbons (Fsp3) is 0.238. The smallest absolute Gasteiger partial charge is 0.225 e. The third-order valence-corrected chi connectivity index (χ3v) is 4.10. The van der Waals surface area contributed by atoms with E-state index in [9.17, 15) is 5.11 Å². The van der Waals surface area contributed by atoms with Crippen molar-refractivity contribution >= 4 is 17.5 Å². The summed E-state index contributed by atoms with van der Waals surface area (Å²) >= 11 is 0. The molecule has 3 aromatic rings. The number of aryl methyl sites for hydroxylation is 2. The van der Waals surface area contributed by atoms with Crippen LogP contribution in [-0.2, 0) is 0 Å². The standard InChI is InChI=1S/C21H24N4O/c1-14-9-10-15(2)18(11-14)23-20-12-19(17-7-5-4-6-8-17)24-21(25-20)22-16(3)13-26/h4-12,16,26H,13H2,1-3H3,(H2,22,23,24,25)/t16-/m0/s1. The summed E-state index contributed by atoms with van der Waals surface area (Å²) in [6, 6.07) is 18.1. The molecule has 1 aromatic heterocycles. The molecule has 1 atom stereocenters. The number of benzene rings is 2. The van der Waals surface area contributed by atoms with Gasteiger partial charge in [-0.15, -0.1) is 0 Å². The Morgan fingerprint density at radius 2 is 1.77 bits per heavy atom. The molecule has 0 unspecified atom stereocenters. The second-order valence-electron chi connectivity index (χ2n) is 6.50. The summed E-state index contributed by atoms with van der Waals surface area (Å²) in [6.45, 7) is 6.03. The van der Waals surface area contributed by atoms with Crippen LogP contribution in [0.4, 0.5) is 17.5 Å².